The summed E-state index contributed by atoms with van der Waals surface area (Å²) < 4.78 is 6.04. The largest absolute Gasteiger partial charge is 0.493 e. The van der Waals surface area contributed by atoms with E-state index in [1.807, 2.05) is 38.1 Å². The molecule has 0 atom stereocenters. The van der Waals surface area contributed by atoms with E-state index in [1.165, 1.54) is 0 Å². The molecular weight excluding hydrogens is 260 g/mol. The number of aromatic amines is 2. The van der Waals surface area contributed by atoms with E-state index < -0.39 is 0 Å². The highest BCUT2D eigenvalue weighted by Gasteiger charge is 2.05. The van der Waals surface area contributed by atoms with Crippen LogP contribution in [0.1, 0.15) is 16.8 Å². The average molecular weight is 276 g/mol. The fraction of sp³-hybridized carbons (Fsp3) is 0.286. The zero-order valence-electron chi connectivity index (χ0n) is 10.9. The minimum Gasteiger partial charge on any atom is -0.493 e. The molecule has 1 heterocycles. The van der Waals surface area contributed by atoms with E-state index in [0.29, 0.717) is 23.4 Å². The molecule has 0 bridgehead atoms. The van der Waals surface area contributed by atoms with Gasteiger partial charge in [-0.15, -0.1) is 0 Å². The van der Waals surface area contributed by atoms with Gasteiger partial charge < -0.3 is 9.72 Å². The number of para-hydroxylation sites is 1. The smallest absolute Gasteiger partial charge is 0.255 e. The predicted molar refractivity (Wildman–Crippen MR) is 77.4 cm³/mol. The molecule has 0 aliphatic carbocycles. The second-order valence-corrected chi connectivity index (χ2v) is 4.78. The Hall–Kier alpha value is -1.88. The van der Waals surface area contributed by atoms with Crippen LogP contribution >= 0.6 is 12.2 Å². The molecule has 0 fully saturated rings. The van der Waals surface area contributed by atoms with Crippen LogP contribution < -0.4 is 10.3 Å². The first-order valence-electron chi connectivity index (χ1n) is 6.08. The van der Waals surface area contributed by atoms with Crippen LogP contribution in [0.3, 0.4) is 0 Å². The number of hydrogen-bond acceptors (Lipinski definition) is 3. The maximum atomic E-state index is 11.8. The van der Waals surface area contributed by atoms with Gasteiger partial charge in [-0.25, -0.2) is 0 Å². The minimum absolute atomic E-state index is 0.144. The molecule has 2 N–H and O–H groups in total. The van der Waals surface area contributed by atoms with Gasteiger partial charge >= 0.3 is 0 Å². The third kappa shape index (κ3) is 3.32. The van der Waals surface area contributed by atoms with E-state index in [9.17, 15) is 4.79 Å². The van der Waals surface area contributed by atoms with Gasteiger partial charge in [0.2, 0.25) is 0 Å². The molecule has 0 saturated carbocycles. The maximum Gasteiger partial charge on any atom is 0.255 e. The summed E-state index contributed by atoms with van der Waals surface area (Å²) in [6.07, 6.45) is 0.543. The molecule has 4 nitrogen and oxygen atoms in total. The number of benzene rings is 1. The van der Waals surface area contributed by atoms with E-state index in [0.717, 1.165) is 17.0 Å². The number of aryl methyl sites for hydroxylation is 2. The Morgan fingerprint density at radius 1 is 1.21 bits per heavy atom. The van der Waals surface area contributed by atoms with Crippen molar-refractivity contribution < 1.29 is 4.74 Å². The molecule has 100 valence electrons. The Morgan fingerprint density at radius 2 is 1.95 bits per heavy atom. The van der Waals surface area contributed by atoms with Crippen molar-refractivity contribution in [1.29, 1.82) is 0 Å². The van der Waals surface area contributed by atoms with Crippen molar-refractivity contribution in [1.82, 2.24) is 9.97 Å². The van der Waals surface area contributed by atoms with Gasteiger partial charge in [-0.1, -0.05) is 18.2 Å². The van der Waals surface area contributed by atoms with Gasteiger partial charge in [0.05, 0.1) is 6.61 Å². The fourth-order valence-electron chi connectivity index (χ4n) is 1.91. The summed E-state index contributed by atoms with van der Waals surface area (Å²) in [5, 5.41) is 0. The number of H-pyrrole nitrogens is 2. The van der Waals surface area contributed by atoms with E-state index in [2.05, 4.69) is 9.97 Å². The van der Waals surface area contributed by atoms with Crippen molar-refractivity contribution in [2.45, 2.75) is 20.3 Å². The summed E-state index contributed by atoms with van der Waals surface area (Å²) >= 11 is 4.91. The molecule has 1 aromatic heterocycles. The summed E-state index contributed by atoms with van der Waals surface area (Å²) in [5.41, 5.74) is 2.42. The van der Waals surface area contributed by atoms with Crippen LogP contribution in [-0.2, 0) is 6.42 Å². The number of nitrogens with one attached hydrogen (secondary N) is 2. The summed E-state index contributed by atoms with van der Waals surface area (Å²) in [6.45, 7) is 4.29. The topological polar surface area (TPSA) is 57.9 Å². The summed E-state index contributed by atoms with van der Waals surface area (Å²) in [4.78, 5) is 17.3. The Bertz CT molecular complexity index is 688. The second-order valence-electron chi connectivity index (χ2n) is 4.38. The predicted octanol–water partition coefficient (Wildman–Crippen LogP) is 2.67. The highest BCUT2D eigenvalue weighted by atomic mass is 32.1. The quantitative estimate of drug-likeness (QED) is 0.844. The molecule has 5 heteroatoms. The van der Waals surface area contributed by atoms with Crippen molar-refractivity contribution in [2.24, 2.45) is 0 Å². The Balaban J connectivity index is 2.07. The molecule has 0 amide bonds. The second kappa shape index (κ2) is 5.84. The van der Waals surface area contributed by atoms with Crippen LogP contribution in [0, 0.1) is 18.6 Å². The van der Waals surface area contributed by atoms with Crippen LogP contribution in [0.15, 0.2) is 29.1 Å². The average Bonchev–Trinajstić information content (AvgIpc) is 2.34. The fourth-order valence-corrected chi connectivity index (χ4v) is 2.15. The summed E-state index contributed by atoms with van der Waals surface area (Å²) in [7, 11) is 0. The normalized spacial score (nSPS) is 10.4. The molecule has 0 unspecified atom stereocenters. The zero-order chi connectivity index (χ0) is 13.8. The Morgan fingerprint density at radius 3 is 2.63 bits per heavy atom. The van der Waals surface area contributed by atoms with Crippen LogP contribution in [0.5, 0.6) is 5.75 Å². The lowest BCUT2D eigenvalue weighted by Gasteiger charge is -2.09. The monoisotopic (exact) mass is 276 g/mol. The Labute approximate surface area is 116 Å². The van der Waals surface area contributed by atoms with E-state index in [4.69, 9.17) is 17.0 Å². The molecular formula is C14H16N2O2S. The number of ether oxygens (including phenoxy) is 1. The van der Waals surface area contributed by atoms with Crippen LogP contribution in [0.2, 0.25) is 0 Å². The van der Waals surface area contributed by atoms with E-state index in [-0.39, 0.29) is 5.56 Å². The van der Waals surface area contributed by atoms with Crippen molar-refractivity contribution in [2.75, 3.05) is 6.61 Å². The third-order valence-electron chi connectivity index (χ3n) is 2.96. The lowest BCUT2D eigenvalue weighted by molar-refractivity contribution is 0.319. The lowest BCUT2D eigenvalue weighted by Crippen LogP contribution is -2.19. The highest BCUT2D eigenvalue weighted by molar-refractivity contribution is 7.71. The summed E-state index contributed by atoms with van der Waals surface area (Å²) in [5.74, 6) is 0.848. The van der Waals surface area contributed by atoms with Gasteiger partial charge in [0.1, 0.15) is 5.75 Å². The standard InChI is InChI=1S/C14H16N2O2S/c1-9-5-3-4-6-12(9)18-8-7-11-10(2)15-14(19)16-13(11)17/h3-6H,7-8H2,1-2H3,(H2,15,16,17,19). The Kier molecular flexibility index (Phi) is 4.16. The SMILES string of the molecule is Cc1ccccc1OCCc1c(C)[nH]c(=S)[nH]c1=O. The molecule has 19 heavy (non-hydrogen) atoms. The minimum atomic E-state index is -0.144. The first kappa shape index (κ1) is 13.5. The van der Waals surface area contributed by atoms with Gasteiger partial charge in [0.25, 0.3) is 5.56 Å². The van der Waals surface area contributed by atoms with Gasteiger partial charge in [0.15, 0.2) is 4.77 Å². The summed E-state index contributed by atoms with van der Waals surface area (Å²) in [6, 6.07) is 7.81. The molecule has 2 rings (SSSR count). The molecule has 0 spiro atoms. The zero-order valence-corrected chi connectivity index (χ0v) is 11.8. The van der Waals surface area contributed by atoms with Crippen molar-refractivity contribution in [3.63, 3.8) is 0 Å². The van der Waals surface area contributed by atoms with Gasteiger partial charge in [-0.3, -0.25) is 9.78 Å². The molecule has 0 aliphatic rings. The van der Waals surface area contributed by atoms with Crippen LogP contribution in [-0.4, -0.2) is 16.6 Å². The number of hydrogen-bond donors (Lipinski definition) is 2. The number of rotatable bonds is 4. The van der Waals surface area contributed by atoms with Crippen LogP contribution in [0.25, 0.3) is 0 Å². The van der Waals surface area contributed by atoms with Crippen LogP contribution in [0.4, 0.5) is 0 Å². The van der Waals surface area contributed by atoms with Gasteiger partial charge in [-0.05, 0) is 37.7 Å². The van der Waals surface area contributed by atoms with Gasteiger partial charge in [0, 0.05) is 17.7 Å². The molecule has 0 radical (unpaired) electrons. The van der Waals surface area contributed by atoms with Crippen molar-refractivity contribution in [3.8, 4) is 5.75 Å². The number of aromatic nitrogens is 2. The highest BCUT2D eigenvalue weighted by Crippen LogP contribution is 2.16. The molecule has 1 aromatic carbocycles. The maximum absolute atomic E-state index is 11.8. The van der Waals surface area contributed by atoms with E-state index in [1.54, 1.807) is 0 Å². The van der Waals surface area contributed by atoms with Gasteiger partial charge in [-0.2, -0.15) is 0 Å². The molecule has 0 saturated heterocycles. The van der Waals surface area contributed by atoms with Crippen molar-refractivity contribution in [3.05, 3.63) is 56.2 Å². The third-order valence-corrected chi connectivity index (χ3v) is 3.16. The first-order valence-corrected chi connectivity index (χ1v) is 6.49. The first-order chi connectivity index (χ1) is 9.08. The lowest BCUT2D eigenvalue weighted by atomic mass is 10.2. The van der Waals surface area contributed by atoms with Crippen molar-refractivity contribution >= 4 is 12.2 Å². The molecule has 2 aromatic rings. The molecule has 0 aliphatic heterocycles. The van der Waals surface area contributed by atoms with E-state index >= 15 is 0 Å².